The van der Waals surface area contributed by atoms with E-state index in [-0.39, 0.29) is 23.5 Å². The van der Waals surface area contributed by atoms with Gasteiger partial charge in [-0.2, -0.15) is 10.4 Å². The summed E-state index contributed by atoms with van der Waals surface area (Å²) in [6.45, 7) is 1.75. The molecule has 1 aliphatic heterocycles. The van der Waals surface area contributed by atoms with Crippen molar-refractivity contribution >= 4 is 39.1 Å². The van der Waals surface area contributed by atoms with Gasteiger partial charge >= 0.3 is 0 Å². The second-order valence-corrected chi connectivity index (χ2v) is 8.89. The number of anilines is 1. The van der Waals surface area contributed by atoms with Gasteiger partial charge in [0, 0.05) is 17.3 Å². The van der Waals surface area contributed by atoms with Crippen molar-refractivity contribution in [3.05, 3.63) is 52.3 Å². The fourth-order valence-electron chi connectivity index (χ4n) is 2.94. The quantitative estimate of drug-likeness (QED) is 0.789. The zero-order valence-corrected chi connectivity index (χ0v) is 16.1. The number of carbonyl (C=O) groups is 1. The van der Waals surface area contributed by atoms with Gasteiger partial charge in [0.25, 0.3) is 0 Å². The van der Waals surface area contributed by atoms with Crippen LogP contribution in [0.4, 0.5) is 5.69 Å². The Morgan fingerprint density at radius 3 is 2.93 bits per heavy atom. The molecule has 27 heavy (non-hydrogen) atoms. The highest BCUT2D eigenvalue weighted by molar-refractivity contribution is 7.91. The molecule has 0 saturated carbocycles. The first-order chi connectivity index (χ1) is 12.8. The summed E-state index contributed by atoms with van der Waals surface area (Å²) in [5, 5.41) is 16.2. The maximum Gasteiger partial charge on any atom is 0.248 e. The predicted octanol–water partition coefficient (Wildman–Crippen LogP) is 2.73. The summed E-state index contributed by atoms with van der Waals surface area (Å²) in [7, 11) is -3.05. The molecule has 0 bridgehead atoms. The van der Waals surface area contributed by atoms with Crippen LogP contribution >= 0.6 is 11.6 Å². The number of nitrogens with one attached hydrogen (secondary N) is 1. The van der Waals surface area contributed by atoms with Gasteiger partial charge in [0.2, 0.25) is 5.91 Å². The summed E-state index contributed by atoms with van der Waals surface area (Å²) in [6, 6.07) is 8.30. The smallest absolute Gasteiger partial charge is 0.248 e. The van der Waals surface area contributed by atoms with Crippen LogP contribution in [0.25, 0.3) is 6.08 Å². The topological polar surface area (TPSA) is 105 Å². The molecular weight excluding hydrogens is 388 g/mol. The third-order valence-corrected chi connectivity index (χ3v) is 6.41. The van der Waals surface area contributed by atoms with Crippen molar-refractivity contribution in [2.45, 2.75) is 19.4 Å². The molecule has 7 nitrogen and oxygen atoms in total. The van der Waals surface area contributed by atoms with Crippen molar-refractivity contribution in [3.8, 4) is 6.07 Å². The average molecular weight is 405 g/mol. The second kappa shape index (κ2) is 7.55. The van der Waals surface area contributed by atoms with E-state index in [2.05, 4.69) is 10.4 Å². The van der Waals surface area contributed by atoms with Gasteiger partial charge in [-0.05, 0) is 37.6 Å². The minimum Gasteiger partial charge on any atom is -0.322 e. The van der Waals surface area contributed by atoms with Crippen LogP contribution in [0.5, 0.6) is 0 Å². The molecule has 1 aromatic heterocycles. The van der Waals surface area contributed by atoms with Gasteiger partial charge in [-0.3, -0.25) is 4.79 Å². The van der Waals surface area contributed by atoms with E-state index in [1.165, 1.54) is 10.8 Å². The largest absolute Gasteiger partial charge is 0.322 e. The molecule has 1 atom stereocenters. The van der Waals surface area contributed by atoms with Gasteiger partial charge in [-0.25, -0.2) is 13.1 Å². The summed E-state index contributed by atoms with van der Waals surface area (Å²) in [6.07, 6.45) is 3.35. The van der Waals surface area contributed by atoms with E-state index < -0.39 is 9.84 Å². The maximum absolute atomic E-state index is 12.1. The van der Waals surface area contributed by atoms with Crippen LogP contribution in [0.1, 0.15) is 29.3 Å². The Balaban J connectivity index is 1.75. The Labute approximate surface area is 162 Å². The van der Waals surface area contributed by atoms with Crippen LogP contribution in [-0.2, 0) is 14.6 Å². The standard InChI is InChI=1S/C18H17ClN4O3S/c1-12-16(18(19)23(22-12)15-7-8-27(25,26)11-15)5-6-17(24)21-14-4-2-3-13(9-14)10-20/h2-6,9,15H,7-8,11H2,1H3,(H,21,24)/b6-5+/t15-/m1/s1. The molecule has 2 aromatic rings. The molecule has 0 spiro atoms. The minimum absolute atomic E-state index is 0.0205. The number of carbonyl (C=O) groups excluding carboxylic acids is 1. The van der Waals surface area contributed by atoms with E-state index in [0.717, 1.165) is 0 Å². The lowest BCUT2D eigenvalue weighted by Gasteiger charge is -2.09. The van der Waals surface area contributed by atoms with Gasteiger partial charge in [-0.15, -0.1) is 0 Å². The molecule has 2 heterocycles. The van der Waals surface area contributed by atoms with Crippen molar-refractivity contribution in [2.75, 3.05) is 16.8 Å². The number of hydrogen-bond donors (Lipinski definition) is 1. The van der Waals surface area contributed by atoms with Gasteiger partial charge in [0.15, 0.2) is 9.84 Å². The molecular formula is C18H17ClN4O3S. The van der Waals surface area contributed by atoms with E-state index in [1.807, 2.05) is 6.07 Å². The van der Waals surface area contributed by atoms with E-state index in [1.54, 1.807) is 37.3 Å². The molecule has 0 aliphatic carbocycles. The number of rotatable bonds is 4. The molecule has 1 saturated heterocycles. The highest BCUT2D eigenvalue weighted by atomic mass is 35.5. The highest BCUT2D eigenvalue weighted by Crippen LogP contribution is 2.30. The fourth-order valence-corrected chi connectivity index (χ4v) is 5.01. The molecule has 1 N–H and O–H groups in total. The summed E-state index contributed by atoms with van der Waals surface area (Å²) in [4.78, 5) is 12.1. The molecule has 1 amide bonds. The maximum atomic E-state index is 12.1. The van der Waals surface area contributed by atoms with Crippen LogP contribution in [0.2, 0.25) is 5.15 Å². The number of nitriles is 1. The van der Waals surface area contributed by atoms with Crippen molar-refractivity contribution in [1.29, 1.82) is 5.26 Å². The zero-order valence-electron chi connectivity index (χ0n) is 14.5. The summed E-state index contributed by atoms with van der Waals surface area (Å²) >= 11 is 6.37. The Hall–Kier alpha value is -2.63. The first kappa shape index (κ1) is 19.1. The number of halogens is 1. The average Bonchev–Trinajstić information content (AvgIpc) is 3.12. The van der Waals surface area contributed by atoms with Crippen molar-refractivity contribution in [1.82, 2.24) is 9.78 Å². The molecule has 1 aromatic carbocycles. The first-order valence-electron chi connectivity index (χ1n) is 8.23. The number of aryl methyl sites for hydroxylation is 1. The van der Waals surface area contributed by atoms with Crippen LogP contribution in [0, 0.1) is 18.3 Å². The van der Waals surface area contributed by atoms with Crippen molar-refractivity contribution in [2.24, 2.45) is 0 Å². The number of benzene rings is 1. The molecule has 3 rings (SSSR count). The van der Waals surface area contributed by atoms with Gasteiger partial charge in [0.05, 0.1) is 34.9 Å². The number of sulfone groups is 1. The monoisotopic (exact) mass is 404 g/mol. The van der Waals surface area contributed by atoms with Crippen LogP contribution in [-0.4, -0.2) is 35.6 Å². The van der Waals surface area contributed by atoms with E-state index in [9.17, 15) is 13.2 Å². The predicted molar refractivity (Wildman–Crippen MR) is 103 cm³/mol. The SMILES string of the molecule is Cc1nn([C@@H]2CCS(=O)(=O)C2)c(Cl)c1/C=C/C(=O)Nc1cccc(C#N)c1. The molecule has 1 aliphatic rings. The number of hydrogen-bond acceptors (Lipinski definition) is 5. The minimum atomic E-state index is -3.05. The number of nitrogens with zero attached hydrogens (tertiary/aromatic N) is 3. The summed E-state index contributed by atoms with van der Waals surface area (Å²) in [5.74, 6) is -0.230. The van der Waals surface area contributed by atoms with Crippen LogP contribution in [0.15, 0.2) is 30.3 Å². The third-order valence-electron chi connectivity index (χ3n) is 4.29. The Morgan fingerprint density at radius 2 is 2.26 bits per heavy atom. The van der Waals surface area contributed by atoms with Gasteiger partial charge in [-0.1, -0.05) is 17.7 Å². The fraction of sp³-hybridized carbons (Fsp3) is 0.278. The van der Waals surface area contributed by atoms with Crippen molar-refractivity contribution < 1.29 is 13.2 Å². The molecule has 1 fully saturated rings. The summed E-state index contributed by atoms with van der Waals surface area (Å²) in [5.41, 5.74) is 2.14. The van der Waals surface area contributed by atoms with Crippen LogP contribution in [0.3, 0.4) is 0 Å². The Bertz CT molecular complexity index is 1070. The van der Waals surface area contributed by atoms with Gasteiger partial charge < -0.3 is 5.32 Å². The lowest BCUT2D eigenvalue weighted by Crippen LogP contribution is -2.12. The number of aromatic nitrogens is 2. The Kier molecular flexibility index (Phi) is 5.35. The second-order valence-electron chi connectivity index (χ2n) is 6.31. The van der Waals surface area contributed by atoms with Gasteiger partial charge in [0.1, 0.15) is 5.15 Å². The molecule has 0 unspecified atom stereocenters. The van der Waals surface area contributed by atoms with E-state index >= 15 is 0 Å². The lowest BCUT2D eigenvalue weighted by atomic mass is 10.2. The molecule has 140 valence electrons. The number of amides is 1. The van der Waals surface area contributed by atoms with Crippen LogP contribution < -0.4 is 5.32 Å². The van der Waals surface area contributed by atoms with Crippen molar-refractivity contribution in [3.63, 3.8) is 0 Å². The lowest BCUT2D eigenvalue weighted by molar-refractivity contribution is -0.111. The van der Waals surface area contributed by atoms with E-state index in [4.69, 9.17) is 16.9 Å². The normalized spacial score (nSPS) is 18.5. The molecule has 9 heteroatoms. The highest BCUT2D eigenvalue weighted by Gasteiger charge is 2.31. The summed E-state index contributed by atoms with van der Waals surface area (Å²) < 4.78 is 24.9. The zero-order chi connectivity index (χ0) is 19.6. The van der Waals surface area contributed by atoms with E-state index in [0.29, 0.717) is 34.1 Å². The first-order valence-corrected chi connectivity index (χ1v) is 10.4. The Morgan fingerprint density at radius 1 is 1.48 bits per heavy atom. The molecule has 0 radical (unpaired) electrons. The third kappa shape index (κ3) is 4.38.